The van der Waals surface area contributed by atoms with E-state index in [1.165, 1.54) is 0 Å². The van der Waals surface area contributed by atoms with Crippen LogP contribution < -0.4 is 0 Å². The quantitative estimate of drug-likeness (QED) is 0.647. The SMILES string of the molecule is OB(O)Cc1ccc(Cl)cc1. The lowest BCUT2D eigenvalue weighted by Crippen LogP contribution is -2.14. The number of hydrogen-bond acceptors (Lipinski definition) is 2. The lowest BCUT2D eigenvalue weighted by atomic mass is 9.82. The zero-order chi connectivity index (χ0) is 8.27. The Hall–Kier alpha value is -0.505. The first-order chi connectivity index (χ1) is 5.18. The third-order valence-electron chi connectivity index (χ3n) is 1.33. The summed E-state index contributed by atoms with van der Waals surface area (Å²) in [5.41, 5.74) is 0.865. The van der Waals surface area contributed by atoms with Crippen molar-refractivity contribution in [2.45, 2.75) is 6.32 Å². The Labute approximate surface area is 70.6 Å². The van der Waals surface area contributed by atoms with E-state index in [1.54, 1.807) is 24.3 Å². The molecule has 4 heteroatoms. The van der Waals surface area contributed by atoms with Gasteiger partial charge in [-0.2, -0.15) is 0 Å². The summed E-state index contributed by atoms with van der Waals surface area (Å²) in [6, 6.07) is 6.97. The van der Waals surface area contributed by atoms with Gasteiger partial charge in [0.15, 0.2) is 0 Å². The number of rotatable bonds is 2. The molecular formula is C7H8BClO2. The highest BCUT2D eigenvalue weighted by Crippen LogP contribution is 2.09. The molecule has 0 aromatic heterocycles. The summed E-state index contributed by atoms with van der Waals surface area (Å²) >= 11 is 5.62. The zero-order valence-corrected chi connectivity index (χ0v) is 6.62. The summed E-state index contributed by atoms with van der Waals surface area (Å²) in [7, 11) is -1.28. The third kappa shape index (κ3) is 2.93. The van der Waals surface area contributed by atoms with Crippen LogP contribution >= 0.6 is 11.6 Å². The van der Waals surface area contributed by atoms with Crippen molar-refractivity contribution >= 4 is 18.7 Å². The van der Waals surface area contributed by atoms with Gasteiger partial charge in [0.2, 0.25) is 0 Å². The highest BCUT2D eigenvalue weighted by molar-refractivity contribution is 6.40. The minimum atomic E-state index is -1.28. The lowest BCUT2D eigenvalue weighted by Gasteiger charge is -1.98. The molecule has 0 aliphatic heterocycles. The molecule has 2 nitrogen and oxygen atoms in total. The van der Waals surface area contributed by atoms with E-state index in [9.17, 15) is 0 Å². The predicted octanol–water partition coefficient (Wildman–Crippen LogP) is 0.894. The summed E-state index contributed by atoms with van der Waals surface area (Å²) < 4.78 is 0. The maximum atomic E-state index is 8.60. The summed E-state index contributed by atoms with van der Waals surface area (Å²) in [6.07, 6.45) is 0.247. The molecule has 0 unspecified atom stereocenters. The van der Waals surface area contributed by atoms with Crippen LogP contribution in [0.3, 0.4) is 0 Å². The molecule has 1 rings (SSSR count). The predicted molar refractivity (Wildman–Crippen MR) is 45.3 cm³/mol. The van der Waals surface area contributed by atoms with Crippen LogP contribution in [0.2, 0.25) is 5.02 Å². The monoisotopic (exact) mass is 170 g/mol. The van der Waals surface area contributed by atoms with Crippen LogP contribution in [-0.4, -0.2) is 17.2 Å². The van der Waals surface area contributed by atoms with Crippen LogP contribution in [0.1, 0.15) is 5.56 Å². The molecule has 0 amide bonds. The standard InChI is InChI=1S/C7H8BClO2/c9-7-3-1-6(2-4-7)5-8(10)11/h1-4,10-11H,5H2. The molecule has 0 spiro atoms. The number of hydrogen-bond donors (Lipinski definition) is 2. The molecule has 0 bridgehead atoms. The van der Waals surface area contributed by atoms with E-state index in [2.05, 4.69) is 0 Å². The van der Waals surface area contributed by atoms with Gasteiger partial charge in [0, 0.05) is 11.3 Å². The summed E-state index contributed by atoms with van der Waals surface area (Å²) in [6.45, 7) is 0. The summed E-state index contributed by atoms with van der Waals surface area (Å²) in [5.74, 6) is 0. The Kier molecular flexibility index (Phi) is 2.94. The van der Waals surface area contributed by atoms with Crippen molar-refractivity contribution in [3.05, 3.63) is 34.9 Å². The molecule has 0 aliphatic carbocycles. The van der Waals surface area contributed by atoms with Crippen molar-refractivity contribution in [2.75, 3.05) is 0 Å². The second-order valence-electron chi connectivity index (χ2n) is 2.31. The van der Waals surface area contributed by atoms with E-state index >= 15 is 0 Å². The van der Waals surface area contributed by atoms with Gasteiger partial charge < -0.3 is 10.0 Å². The van der Waals surface area contributed by atoms with Crippen molar-refractivity contribution in [3.63, 3.8) is 0 Å². The average Bonchev–Trinajstić information content (AvgIpc) is 1.93. The van der Waals surface area contributed by atoms with E-state index in [1.807, 2.05) is 0 Å². The van der Waals surface area contributed by atoms with Crippen LogP contribution in [0, 0.1) is 0 Å². The van der Waals surface area contributed by atoms with Crippen molar-refractivity contribution in [3.8, 4) is 0 Å². The molecule has 0 fully saturated rings. The van der Waals surface area contributed by atoms with Crippen LogP contribution in [0.25, 0.3) is 0 Å². The molecule has 0 saturated carbocycles. The number of benzene rings is 1. The fourth-order valence-corrected chi connectivity index (χ4v) is 0.957. The van der Waals surface area contributed by atoms with Gasteiger partial charge >= 0.3 is 7.12 Å². The van der Waals surface area contributed by atoms with Crippen molar-refractivity contribution in [2.24, 2.45) is 0 Å². The van der Waals surface area contributed by atoms with E-state index in [-0.39, 0.29) is 6.32 Å². The van der Waals surface area contributed by atoms with Gasteiger partial charge in [-0.15, -0.1) is 0 Å². The van der Waals surface area contributed by atoms with Gasteiger partial charge in [-0.1, -0.05) is 23.7 Å². The van der Waals surface area contributed by atoms with Gasteiger partial charge in [-0.05, 0) is 17.7 Å². The Morgan fingerprint density at radius 3 is 2.18 bits per heavy atom. The van der Waals surface area contributed by atoms with Crippen molar-refractivity contribution < 1.29 is 10.0 Å². The molecule has 0 aliphatic rings. The lowest BCUT2D eigenvalue weighted by molar-refractivity contribution is 0.405. The second kappa shape index (κ2) is 3.76. The molecule has 0 radical (unpaired) electrons. The van der Waals surface area contributed by atoms with E-state index in [0.717, 1.165) is 5.56 Å². The fourth-order valence-electron chi connectivity index (χ4n) is 0.831. The van der Waals surface area contributed by atoms with E-state index in [0.29, 0.717) is 5.02 Å². The van der Waals surface area contributed by atoms with Gasteiger partial charge in [-0.3, -0.25) is 0 Å². The Morgan fingerprint density at radius 1 is 1.18 bits per heavy atom. The van der Waals surface area contributed by atoms with E-state index < -0.39 is 7.12 Å². The second-order valence-corrected chi connectivity index (χ2v) is 2.75. The van der Waals surface area contributed by atoms with Crippen LogP contribution in [0.15, 0.2) is 24.3 Å². The maximum absolute atomic E-state index is 8.60. The molecule has 58 valence electrons. The molecule has 0 heterocycles. The normalized spacial score (nSPS) is 9.73. The largest absolute Gasteiger partial charge is 0.456 e. The first-order valence-electron chi connectivity index (χ1n) is 3.29. The smallest absolute Gasteiger partial charge is 0.427 e. The third-order valence-corrected chi connectivity index (χ3v) is 1.58. The van der Waals surface area contributed by atoms with Gasteiger partial charge in [0.05, 0.1) is 0 Å². The number of halogens is 1. The van der Waals surface area contributed by atoms with Crippen LogP contribution in [0.4, 0.5) is 0 Å². The summed E-state index contributed by atoms with van der Waals surface area (Å²) in [4.78, 5) is 0. The molecule has 11 heavy (non-hydrogen) atoms. The Morgan fingerprint density at radius 2 is 1.73 bits per heavy atom. The van der Waals surface area contributed by atoms with Gasteiger partial charge in [0.1, 0.15) is 0 Å². The molecule has 1 aromatic carbocycles. The van der Waals surface area contributed by atoms with Gasteiger partial charge in [-0.25, -0.2) is 0 Å². The first kappa shape index (κ1) is 8.59. The zero-order valence-electron chi connectivity index (χ0n) is 5.87. The minimum Gasteiger partial charge on any atom is -0.427 e. The average molecular weight is 170 g/mol. The molecule has 0 saturated heterocycles. The minimum absolute atomic E-state index is 0.247. The van der Waals surface area contributed by atoms with Crippen molar-refractivity contribution in [1.29, 1.82) is 0 Å². The fraction of sp³-hybridized carbons (Fsp3) is 0.143. The maximum Gasteiger partial charge on any atom is 0.456 e. The summed E-state index contributed by atoms with van der Waals surface area (Å²) in [5, 5.41) is 17.8. The highest BCUT2D eigenvalue weighted by atomic mass is 35.5. The molecule has 1 aromatic rings. The van der Waals surface area contributed by atoms with E-state index in [4.69, 9.17) is 21.6 Å². The van der Waals surface area contributed by atoms with Crippen LogP contribution in [-0.2, 0) is 6.32 Å². The van der Waals surface area contributed by atoms with Gasteiger partial charge in [0.25, 0.3) is 0 Å². The highest BCUT2D eigenvalue weighted by Gasteiger charge is 2.06. The molecule has 0 atom stereocenters. The molecular weight excluding hydrogens is 162 g/mol. The first-order valence-corrected chi connectivity index (χ1v) is 3.67. The van der Waals surface area contributed by atoms with Crippen molar-refractivity contribution in [1.82, 2.24) is 0 Å². The Bertz CT molecular complexity index is 222. The Balaban J connectivity index is 2.66. The van der Waals surface area contributed by atoms with Crippen LogP contribution in [0.5, 0.6) is 0 Å². The molecule has 2 N–H and O–H groups in total. The topological polar surface area (TPSA) is 40.5 Å².